The van der Waals surface area contributed by atoms with Gasteiger partial charge < -0.3 is 9.64 Å². The predicted octanol–water partition coefficient (Wildman–Crippen LogP) is 3.35. The molecule has 24 heavy (non-hydrogen) atoms. The Kier molecular flexibility index (Phi) is 3.95. The fourth-order valence-corrected chi connectivity index (χ4v) is 5.15. The maximum atomic E-state index is 12.3. The Balaban J connectivity index is 1.70. The van der Waals surface area contributed by atoms with Gasteiger partial charge in [0.05, 0.1) is 17.4 Å². The number of thiophene rings is 1. The average Bonchev–Trinajstić information content (AvgIpc) is 3.16. The first-order valence-corrected chi connectivity index (χ1v) is 9.61. The highest BCUT2D eigenvalue weighted by atomic mass is 32.1. The second-order valence-electron chi connectivity index (χ2n) is 7.04. The highest BCUT2D eigenvalue weighted by molar-refractivity contribution is 7.19. The van der Waals surface area contributed by atoms with Gasteiger partial charge in [0, 0.05) is 18.0 Å². The van der Waals surface area contributed by atoms with Crippen molar-refractivity contribution in [2.45, 2.75) is 46.0 Å². The molecule has 2 aromatic rings. The first-order valence-electron chi connectivity index (χ1n) is 8.80. The molecule has 1 atom stereocenters. The van der Waals surface area contributed by atoms with Crippen molar-refractivity contribution in [1.82, 2.24) is 9.97 Å². The molecule has 1 unspecified atom stereocenters. The summed E-state index contributed by atoms with van der Waals surface area (Å²) in [6.45, 7) is 5.81. The van der Waals surface area contributed by atoms with E-state index in [9.17, 15) is 4.79 Å². The van der Waals surface area contributed by atoms with E-state index in [1.807, 2.05) is 25.2 Å². The Morgan fingerprint density at radius 3 is 3.04 bits per heavy atom. The Hall–Kier alpha value is -1.69. The third kappa shape index (κ3) is 2.48. The summed E-state index contributed by atoms with van der Waals surface area (Å²) in [5, 5.41) is 1.23. The first-order chi connectivity index (χ1) is 11.6. The van der Waals surface area contributed by atoms with E-state index in [0.717, 1.165) is 36.5 Å². The van der Waals surface area contributed by atoms with Crippen LogP contribution in [0.3, 0.4) is 0 Å². The zero-order valence-electron chi connectivity index (χ0n) is 14.3. The lowest BCUT2D eigenvalue weighted by atomic mass is 9.90. The minimum atomic E-state index is -0.441. The van der Waals surface area contributed by atoms with Crippen LogP contribution in [0.5, 0.6) is 0 Å². The van der Waals surface area contributed by atoms with Gasteiger partial charge in [-0.1, -0.05) is 0 Å². The van der Waals surface area contributed by atoms with E-state index in [1.54, 1.807) is 6.33 Å². The van der Waals surface area contributed by atoms with Crippen LogP contribution in [0.1, 0.15) is 43.6 Å². The standard InChI is InChI=1S/C18H23N3O2S/c1-3-23-17(22)18(2)8-9-21(10-18)15-14-12-6-4-5-7-13(12)24-16(14)20-11-19-15/h11H,3-10H2,1-2H3. The predicted molar refractivity (Wildman–Crippen MR) is 95.6 cm³/mol. The molecule has 0 radical (unpaired) electrons. The van der Waals surface area contributed by atoms with E-state index in [-0.39, 0.29) is 5.97 Å². The Morgan fingerprint density at radius 1 is 1.38 bits per heavy atom. The molecule has 1 saturated heterocycles. The molecule has 0 spiro atoms. The lowest BCUT2D eigenvalue weighted by molar-refractivity contribution is -0.153. The van der Waals surface area contributed by atoms with Crippen molar-refractivity contribution < 1.29 is 9.53 Å². The molecule has 2 aliphatic rings. The van der Waals surface area contributed by atoms with E-state index in [1.165, 1.54) is 28.7 Å². The molecule has 0 saturated carbocycles. The maximum Gasteiger partial charge on any atom is 0.313 e. The van der Waals surface area contributed by atoms with Crippen LogP contribution in [0.4, 0.5) is 5.82 Å². The number of hydrogen-bond acceptors (Lipinski definition) is 6. The number of carbonyl (C=O) groups is 1. The van der Waals surface area contributed by atoms with Crippen LogP contribution in [0.2, 0.25) is 0 Å². The normalized spacial score (nSPS) is 23.5. The zero-order chi connectivity index (χ0) is 16.7. The summed E-state index contributed by atoms with van der Waals surface area (Å²) in [5.74, 6) is 0.914. The SMILES string of the molecule is CCOC(=O)C1(C)CCN(c2ncnc3sc4c(c23)CCCC4)C1. The van der Waals surface area contributed by atoms with E-state index < -0.39 is 5.41 Å². The van der Waals surface area contributed by atoms with E-state index in [4.69, 9.17) is 4.74 Å². The van der Waals surface area contributed by atoms with Crippen molar-refractivity contribution in [3.63, 3.8) is 0 Å². The lowest BCUT2D eigenvalue weighted by Gasteiger charge is -2.23. The summed E-state index contributed by atoms with van der Waals surface area (Å²) in [4.78, 5) is 26.3. The van der Waals surface area contributed by atoms with Gasteiger partial charge in [0.15, 0.2) is 0 Å². The molecule has 0 bridgehead atoms. The smallest absolute Gasteiger partial charge is 0.313 e. The number of carbonyl (C=O) groups excluding carboxylic acids is 1. The summed E-state index contributed by atoms with van der Waals surface area (Å²) >= 11 is 1.82. The van der Waals surface area contributed by atoms with Gasteiger partial charge in [-0.15, -0.1) is 11.3 Å². The van der Waals surface area contributed by atoms with Crippen LogP contribution < -0.4 is 4.90 Å². The molecule has 1 aliphatic heterocycles. The Bertz CT molecular complexity index is 788. The number of aryl methyl sites for hydroxylation is 2. The number of aromatic nitrogens is 2. The quantitative estimate of drug-likeness (QED) is 0.799. The summed E-state index contributed by atoms with van der Waals surface area (Å²) in [7, 11) is 0. The van der Waals surface area contributed by atoms with Gasteiger partial charge in [-0.3, -0.25) is 4.79 Å². The fourth-order valence-electron chi connectivity index (χ4n) is 3.93. The molecular formula is C18H23N3O2S. The average molecular weight is 345 g/mol. The number of fused-ring (bicyclic) bond motifs is 3. The molecule has 3 heterocycles. The summed E-state index contributed by atoms with van der Waals surface area (Å²) in [5.41, 5.74) is 1.00. The third-order valence-electron chi connectivity index (χ3n) is 5.27. The molecule has 0 N–H and O–H groups in total. The van der Waals surface area contributed by atoms with Gasteiger partial charge in [0.1, 0.15) is 17.0 Å². The van der Waals surface area contributed by atoms with Crippen LogP contribution >= 0.6 is 11.3 Å². The van der Waals surface area contributed by atoms with Gasteiger partial charge in [0.25, 0.3) is 0 Å². The van der Waals surface area contributed by atoms with Crippen molar-refractivity contribution in [2.75, 3.05) is 24.6 Å². The van der Waals surface area contributed by atoms with E-state index in [2.05, 4.69) is 14.9 Å². The van der Waals surface area contributed by atoms with Gasteiger partial charge in [0.2, 0.25) is 0 Å². The van der Waals surface area contributed by atoms with Crippen LogP contribution in [0.25, 0.3) is 10.2 Å². The highest BCUT2D eigenvalue weighted by Gasteiger charge is 2.42. The summed E-state index contributed by atoms with van der Waals surface area (Å²) in [6, 6.07) is 0. The van der Waals surface area contributed by atoms with E-state index >= 15 is 0 Å². The minimum Gasteiger partial charge on any atom is -0.466 e. The molecule has 2 aromatic heterocycles. The number of esters is 1. The number of ether oxygens (including phenoxy) is 1. The molecule has 4 rings (SSSR count). The largest absolute Gasteiger partial charge is 0.466 e. The number of nitrogens with zero attached hydrogens (tertiary/aromatic N) is 3. The van der Waals surface area contributed by atoms with Gasteiger partial charge in [-0.25, -0.2) is 9.97 Å². The fraction of sp³-hybridized carbons (Fsp3) is 0.611. The van der Waals surface area contributed by atoms with Gasteiger partial charge in [-0.2, -0.15) is 0 Å². The Labute approximate surface area is 146 Å². The molecule has 1 fully saturated rings. The minimum absolute atomic E-state index is 0.0925. The van der Waals surface area contributed by atoms with Gasteiger partial charge in [-0.05, 0) is 51.5 Å². The molecule has 0 aromatic carbocycles. The van der Waals surface area contributed by atoms with E-state index in [0.29, 0.717) is 13.2 Å². The van der Waals surface area contributed by atoms with Crippen molar-refractivity contribution in [2.24, 2.45) is 5.41 Å². The van der Waals surface area contributed by atoms with Crippen molar-refractivity contribution in [1.29, 1.82) is 0 Å². The number of hydrogen-bond donors (Lipinski definition) is 0. The molecular weight excluding hydrogens is 322 g/mol. The molecule has 5 nitrogen and oxygen atoms in total. The second kappa shape index (κ2) is 5.99. The molecule has 0 amide bonds. The Morgan fingerprint density at radius 2 is 2.21 bits per heavy atom. The van der Waals surface area contributed by atoms with Crippen molar-refractivity contribution >= 4 is 33.3 Å². The maximum absolute atomic E-state index is 12.3. The van der Waals surface area contributed by atoms with Crippen LogP contribution in [-0.4, -0.2) is 35.6 Å². The topological polar surface area (TPSA) is 55.3 Å². The lowest BCUT2D eigenvalue weighted by Crippen LogP contribution is -2.33. The molecule has 6 heteroatoms. The highest BCUT2D eigenvalue weighted by Crippen LogP contribution is 2.42. The summed E-state index contributed by atoms with van der Waals surface area (Å²) in [6.07, 6.45) is 7.28. The molecule has 1 aliphatic carbocycles. The monoisotopic (exact) mass is 345 g/mol. The number of rotatable bonds is 3. The zero-order valence-corrected chi connectivity index (χ0v) is 15.1. The number of anilines is 1. The van der Waals surface area contributed by atoms with Crippen molar-refractivity contribution in [3.05, 3.63) is 16.8 Å². The second-order valence-corrected chi connectivity index (χ2v) is 8.12. The summed E-state index contributed by atoms with van der Waals surface area (Å²) < 4.78 is 5.28. The van der Waals surface area contributed by atoms with Gasteiger partial charge >= 0.3 is 5.97 Å². The molecule has 128 valence electrons. The van der Waals surface area contributed by atoms with Crippen molar-refractivity contribution in [3.8, 4) is 0 Å². The third-order valence-corrected chi connectivity index (χ3v) is 6.47. The van der Waals surface area contributed by atoms with Crippen LogP contribution in [0.15, 0.2) is 6.33 Å². The van der Waals surface area contributed by atoms with Crippen LogP contribution in [0, 0.1) is 5.41 Å². The van der Waals surface area contributed by atoms with Crippen LogP contribution in [-0.2, 0) is 22.4 Å². The first kappa shape index (κ1) is 15.8.